The van der Waals surface area contributed by atoms with Gasteiger partial charge in [-0.15, -0.1) is 0 Å². The van der Waals surface area contributed by atoms with Gasteiger partial charge in [0.15, 0.2) is 9.84 Å². The summed E-state index contributed by atoms with van der Waals surface area (Å²) in [6.07, 6.45) is 0. The lowest BCUT2D eigenvalue weighted by Gasteiger charge is -2.07. The van der Waals surface area contributed by atoms with Crippen LogP contribution in [0.3, 0.4) is 0 Å². The average Bonchev–Trinajstić information content (AvgIpc) is 2.17. The highest BCUT2D eigenvalue weighted by Gasteiger charge is 2.18. The van der Waals surface area contributed by atoms with E-state index in [9.17, 15) is 8.42 Å². The summed E-state index contributed by atoms with van der Waals surface area (Å²) in [6.45, 7) is 3.24. The third kappa shape index (κ3) is 1.94. The van der Waals surface area contributed by atoms with E-state index < -0.39 is 15.1 Å². The van der Waals surface area contributed by atoms with E-state index in [1.54, 1.807) is 26.0 Å². The van der Waals surface area contributed by atoms with Crippen LogP contribution in [0.1, 0.15) is 19.4 Å². The van der Waals surface area contributed by atoms with Crippen molar-refractivity contribution in [2.45, 2.75) is 24.0 Å². The summed E-state index contributed by atoms with van der Waals surface area (Å²) in [5.74, 6) is 0. The van der Waals surface area contributed by atoms with Gasteiger partial charge >= 0.3 is 0 Å². The molecule has 0 atom stereocenters. The van der Waals surface area contributed by atoms with E-state index in [4.69, 9.17) is 5.26 Å². The second kappa shape index (κ2) is 3.81. The molecule has 0 aromatic heterocycles. The zero-order valence-corrected chi connectivity index (χ0v) is 8.88. The number of benzene rings is 1. The van der Waals surface area contributed by atoms with Crippen molar-refractivity contribution >= 4 is 9.84 Å². The Morgan fingerprint density at radius 2 is 2.00 bits per heavy atom. The molecular formula is C10H11NO2S. The highest BCUT2D eigenvalue weighted by Crippen LogP contribution is 2.16. The minimum absolute atomic E-state index is 0.214. The van der Waals surface area contributed by atoms with Crippen LogP contribution in [0.15, 0.2) is 29.2 Å². The third-order valence-electron chi connectivity index (χ3n) is 1.91. The van der Waals surface area contributed by atoms with Crippen molar-refractivity contribution < 1.29 is 8.42 Å². The maximum atomic E-state index is 11.7. The van der Waals surface area contributed by atoms with Crippen LogP contribution in [0.4, 0.5) is 0 Å². The lowest BCUT2D eigenvalue weighted by molar-refractivity contribution is 0.587. The number of nitrogens with zero attached hydrogens (tertiary/aromatic N) is 1. The van der Waals surface area contributed by atoms with E-state index in [1.165, 1.54) is 12.1 Å². The van der Waals surface area contributed by atoms with Gasteiger partial charge in [0, 0.05) is 0 Å². The number of hydrogen-bond acceptors (Lipinski definition) is 3. The van der Waals surface area contributed by atoms with Crippen molar-refractivity contribution in [3.05, 3.63) is 29.8 Å². The van der Waals surface area contributed by atoms with Gasteiger partial charge in [-0.1, -0.05) is 6.07 Å². The van der Waals surface area contributed by atoms with E-state index in [1.807, 2.05) is 6.07 Å². The molecule has 0 saturated carbocycles. The van der Waals surface area contributed by atoms with Crippen molar-refractivity contribution in [2.24, 2.45) is 0 Å². The quantitative estimate of drug-likeness (QED) is 0.745. The molecule has 1 aromatic rings. The molecule has 0 heterocycles. The fourth-order valence-electron chi connectivity index (χ4n) is 1.01. The fourth-order valence-corrected chi connectivity index (χ4v) is 2.12. The van der Waals surface area contributed by atoms with E-state index >= 15 is 0 Å². The molecule has 0 aliphatic heterocycles. The molecule has 0 radical (unpaired) electrons. The van der Waals surface area contributed by atoms with E-state index in [2.05, 4.69) is 0 Å². The smallest absolute Gasteiger partial charge is 0.180 e. The van der Waals surface area contributed by atoms with Crippen molar-refractivity contribution in [3.8, 4) is 6.07 Å². The Labute approximate surface area is 83.9 Å². The zero-order chi connectivity index (χ0) is 10.8. The molecule has 0 bridgehead atoms. The Hall–Kier alpha value is -1.34. The molecule has 0 amide bonds. The SMILES string of the molecule is CC(C)S(=O)(=O)c1cccc(C#N)c1. The molecule has 4 heteroatoms. The molecule has 0 aliphatic rings. The zero-order valence-electron chi connectivity index (χ0n) is 8.06. The van der Waals surface area contributed by atoms with Gasteiger partial charge in [0.05, 0.1) is 21.8 Å². The summed E-state index contributed by atoms with van der Waals surface area (Å²) in [7, 11) is -3.26. The summed E-state index contributed by atoms with van der Waals surface area (Å²) in [5.41, 5.74) is 0.367. The molecule has 1 aromatic carbocycles. The van der Waals surface area contributed by atoms with Crippen LogP contribution in [0.2, 0.25) is 0 Å². The highest BCUT2D eigenvalue weighted by atomic mass is 32.2. The summed E-state index contributed by atoms with van der Waals surface area (Å²) in [6, 6.07) is 7.98. The predicted molar refractivity (Wildman–Crippen MR) is 53.5 cm³/mol. The maximum absolute atomic E-state index is 11.7. The maximum Gasteiger partial charge on any atom is 0.180 e. The predicted octanol–water partition coefficient (Wildman–Crippen LogP) is 1.74. The minimum atomic E-state index is -3.26. The van der Waals surface area contributed by atoms with Gasteiger partial charge in [-0.2, -0.15) is 5.26 Å². The van der Waals surface area contributed by atoms with E-state index in [-0.39, 0.29) is 4.90 Å². The topological polar surface area (TPSA) is 57.9 Å². The van der Waals surface area contributed by atoms with Gasteiger partial charge in [0.1, 0.15) is 0 Å². The molecule has 3 nitrogen and oxygen atoms in total. The molecule has 0 spiro atoms. The first kappa shape index (κ1) is 10.7. The largest absolute Gasteiger partial charge is 0.223 e. The number of nitriles is 1. The molecular weight excluding hydrogens is 198 g/mol. The van der Waals surface area contributed by atoms with Crippen LogP contribution >= 0.6 is 0 Å². The summed E-state index contributed by atoms with van der Waals surface area (Å²) >= 11 is 0. The van der Waals surface area contributed by atoms with Gasteiger partial charge in [0.2, 0.25) is 0 Å². The van der Waals surface area contributed by atoms with E-state index in [0.717, 1.165) is 0 Å². The molecule has 14 heavy (non-hydrogen) atoms. The van der Waals surface area contributed by atoms with Gasteiger partial charge in [-0.25, -0.2) is 8.42 Å². The average molecular weight is 209 g/mol. The molecule has 0 aliphatic carbocycles. The minimum Gasteiger partial charge on any atom is -0.223 e. The fraction of sp³-hybridized carbons (Fsp3) is 0.300. The van der Waals surface area contributed by atoms with Gasteiger partial charge in [-0.05, 0) is 32.0 Å². The number of hydrogen-bond donors (Lipinski definition) is 0. The second-order valence-corrected chi connectivity index (χ2v) is 5.74. The second-order valence-electron chi connectivity index (χ2n) is 3.23. The third-order valence-corrected chi connectivity index (χ3v) is 4.06. The van der Waals surface area contributed by atoms with Crippen molar-refractivity contribution in [1.29, 1.82) is 5.26 Å². The first-order chi connectivity index (χ1) is 6.48. The Morgan fingerprint density at radius 3 is 2.50 bits per heavy atom. The van der Waals surface area contributed by atoms with Crippen LogP contribution < -0.4 is 0 Å². The Morgan fingerprint density at radius 1 is 1.36 bits per heavy atom. The Balaban J connectivity index is 3.29. The summed E-state index contributed by atoms with van der Waals surface area (Å²) in [4.78, 5) is 0.214. The summed E-state index contributed by atoms with van der Waals surface area (Å²) in [5, 5.41) is 8.16. The van der Waals surface area contributed by atoms with Crippen LogP contribution in [0.25, 0.3) is 0 Å². The van der Waals surface area contributed by atoms with Crippen LogP contribution in [-0.4, -0.2) is 13.7 Å². The van der Waals surface area contributed by atoms with Crippen molar-refractivity contribution in [2.75, 3.05) is 0 Å². The lowest BCUT2D eigenvalue weighted by atomic mass is 10.2. The number of sulfone groups is 1. The molecule has 0 N–H and O–H groups in total. The van der Waals surface area contributed by atoms with Crippen molar-refractivity contribution in [1.82, 2.24) is 0 Å². The molecule has 1 rings (SSSR count). The highest BCUT2D eigenvalue weighted by molar-refractivity contribution is 7.92. The van der Waals surface area contributed by atoms with Crippen LogP contribution in [0.5, 0.6) is 0 Å². The van der Waals surface area contributed by atoms with Gasteiger partial charge in [0.25, 0.3) is 0 Å². The van der Waals surface area contributed by atoms with Gasteiger partial charge < -0.3 is 0 Å². The number of rotatable bonds is 2. The first-order valence-electron chi connectivity index (χ1n) is 4.22. The molecule has 0 unspecified atom stereocenters. The standard InChI is InChI=1S/C10H11NO2S/c1-8(2)14(12,13)10-5-3-4-9(6-10)7-11/h3-6,8H,1-2H3. The Kier molecular flexibility index (Phi) is 2.92. The Bertz CT molecular complexity index is 469. The van der Waals surface area contributed by atoms with E-state index in [0.29, 0.717) is 5.56 Å². The molecule has 74 valence electrons. The van der Waals surface area contributed by atoms with Crippen LogP contribution in [-0.2, 0) is 9.84 Å². The van der Waals surface area contributed by atoms with Gasteiger partial charge in [-0.3, -0.25) is 0 Å². The summed E-state index contributed by atoms with van der Waals surface area (Å²) < 4.78 is 23.4. The van der Waals surface area contributed by atoms with Crippen molar-refractivity contribution in [3.63, 3.8) is 0 Å². The monoisotopic (exact) mass is 209 g/mol. The first-order valence-corrected chi connectivity index (χ1v) is 5.77. The normalized spacial score (nSPS) is 11.3. The molecule has 0 saturated heterocycles. The lowest BCUT2D eigenvalue weighted by Crippen LogP contribution is -2.13. The van der Waals surface area contributed by atoms with Crippen LogP contribution in [0, 0.1) is 11.3 Å². The molecule has 0 fully saturated rings.